The largest absolute Gasteiger partial charge is 0.461 e. The van der Waals surface area contributed by atoms with Crippen molar-refractivity contribution in [1.29, 1.82) is 0 Å². The van der Waals surface area contributed by atoms with Crippen LogP contribution in [0.25, 0.3) is 33.1 Å². The number of fused-ring (bicyclic) bond motifs is 5. The zero-order valence-electron chi connectivity index (χ0n) is 23.3. The van der Waals surface area contributed by atoms with Crippen molar-refractivity contribution in [2.75, 3.05) is 43.4 Å². The summed E-state index contributed by atoms with van der Waals surface area (Å²) in [6.07, 6.45) is 4.40. The summed E-state index contributed by atoms with van der Waals surface area (Å²) >= 11 is 0. The normalized spacial score (nSPS) is 28.7. The third-order valence-electron chi connectivity index (χ3n) is 9.54. The molecule has 2 N–H and O–H groups in total. The fourth-order valence-corrected chi connectivity index (χ4v) is 9.48. The Balaban J connectivity index is 1.26. The topological polar surface area (TPSA) is 110 Å². The Kier molecular flexibility index (Phi) is 6.27. The highest BCUT2D eigenvalue weighted by Crippen LogP contribution is 2.41. The monoisotopic (exact) mass is 609 g/mol. The molecule has 4 atom stereocenters. The highest BCUT2D eigenvalue weighted by Gasteiger charge is 2.49. The molecule has 3 aromatic heterocycles. The Labute approximate surface area is 248 Å². The molecule has 4 aliphatic rings. The molecule has 4 aliphatic heterocycles. The van der Waals surface area contributed by atoms with Gasteiger partial charge in [-0.1, -0.05) is 12.1 Å². The maximum atomic E-state index is 16.6. The highest BCUT2D eigenvalue weighted by molar-refractivity contribution is 7.86. The first-order valence-corrected chi connectivity index (χ1v) is 15.9. The number of nitrogens with two attached hydrogens (primary N) is 1. The summed E-state index contributed by atoms with van der Waals surface area (Å²) in [7, 11) is -0.918. The number of benzene rings is 1. The van der Waals surface area contributed by atoms with Crippen molar-refractivity contribution < 1.29 is 22.1 Å². The van der Waals surface area contributed by atoms with Crippen LogP contribution in [0.2, 0.25) is 0 Å². The van der Waals surface area contributed by atoms with Crippen LogP contribution in [0.1, 0.15) is 32.1 Å². The highest BCUT2D eigenvalue weighted by atomic mass is 32.2. The number of rotatable bonds is 5. The van der Waals surface area contributed by atoms with E-state index in [1.165, 1.54) is 18.3 Å². The van der Waals surface area contributed by atoms with Gasteiger partial charge in [0.25, 0.3) is 0 Å². The summed E-state index contributed by atoms with van der Waals surface area (Å²) in [5, 5.41) is 0.936. The van der Waals surface area contributed by atoms with E-state index in [2.05, 4.69) is 19.9 Å². The Morgan fingerprint density at radius 1 is 1.09 bits per heavy atom. The van der Waals surface area contributed by atoms with Gasteiger partial charge in [0.1, 0.15) is 47.1 Å². The maximum Gasteiger partial charge on any atom is 0.319 e. The molecule has 2 unspecified atom stereocenters. The molecule has 7 heterocycles. The summed E-state index contributed by atoms with van der Waals surface area (Å²) in [5.74, 6) is -0.837. The van der Waals surface area contributed by atoms with Gasteiger partial charge in [0.2, 0.25) is 0 Å². The van der Waals surface area contributed by atoms with Gasteiger partial charge in [-0.2, -0.15) is 9.97 Å². The summed E-state index contributed by atoms with van der Waals surface area (Å²) in [6.45, 7) is 2.38. The van der Waals surface area contributed by atoms with E-state index in [9.17, 15) is 8.60 Å². The lowest BCUT2D eigenvalue weighted by Gasteiger charge is -2.33. The molecular weight excluding hydrogens is 579 g/mol. The second-order valence-corrected chi connectivity index (χ2v) is 14.2. The van der Waals surface area contributed by atoms with Crippen LogP contribution in [-0.2, 0) is 10.8 Å². The van der Waals surface area contributed by atoms with Crippen molar-refractivity contribution in [3.05, 3.63) is 42.1 Å². The van der Waals surface area contributed by atoms with Crippen molar-refractivity contribution in [1.82, 2.24) is 24.8 Å². The summed E-state index contributed by atoms with van der Waals surface area (Å²) < 4.78 is 65.0. The SMILES string of the molecule is Nc1cc2cccc(F)c2c(-c2ncc3c(N4CC5CCC(C4)S5=O)nc(OC[C@@]45CCCN4C[C@H](F)C5)nc3c2F)n1. The molecule has 4 saturated heterocycles. The first-order valence-electron chi connectivity index (χ1n) is 14.7. The molecule has 4 fully saturated rings. The predicted octanol–water partition coefficient (Wildman–Crippen LogP) is 4.16. The van der Waals surface area contributed by atoms with Crippen molar-refractivity contribution in [2.45, 2.75) is 54.3 Å². The van der Waals surface area contributed by atoms with Crippen LogP contribution in [0.3, 0.4) is 0 Å². The van der Waals surface area contributed by atoms with Crippen LogP contribution >= 0.6 is 0 Å². The number of halogens is 3. The first kappa shape index (κ1) is 27.0. The fourth-order valence-electron chi connectivity index (χ4n) is 7.54. The number of nitrogen functional groups attached to an aromatic ring is 1. The molecule has 0 amide bonds. The zero-order chi connectivity index (χ0) is 29.5. The summed E-state index contributed by atoms with van der Waals surface area (Å²) in [6, 6.07) is 6.00. The number of hydrogen-bond acceptors (Lipinski definition) is 9. The molecule has 2 bridgehead atoms. The van der Waals surface area contributed by atoms with Crippen LogP contribution in [0, 0.1) is 11.6 Å². The van der Waals surface area contributed by atoms with E-state index in [4.69, 9.17) is 15.5 Å². The number of pyridine rings is 2. The Morgan fingerprint density at radius 3 is 2.72 bits per heavy atom. The number of aromatic nitrogens is 4. The Bertz CT molecular complexity index is 1800. The smallest absolute Gasteiger partial charge is 0.319 e. The van der Waals surface area contributed by atoms with Gasteiger partial charge in [-0.25, -0.2) is 18.2 Å². The maximum absolute atomic E-state index is 16.6. The molecule has 1 aromatic carbocycles. The molecule has 9 nitrogen and oxygen atoms in total. The Morgan fingerprint density at radius 2 is 1.91 bits per heavy atom. The molecule has 8 rings (SSSR count). The van der Waals surface area contributed by atoms with E-state index in [0.29, 0.717) is 42.6 Å². The number of alkyl halides is 1. The third kappa shape index (κ3) is 4.34. The molecule has 224 valence electrons. The standard InChI is InChI=1S/C30H30F3N7O2S/c31-17-10-30(7-2-8-40(30)12-17)15-42-29-37-25-20(28(38-29)39-13-18-5-6-19(14-39)43(18)41)11-35-27(24(25)33)26-23-16(9-22(34)36-26)3-1-4-21(23)32/h1,3-4,9,11,17-19H,2,5-8,10,12-15H2,(H2,34,36)/t17-,18?,19?,30+,43?/m1/s1. The van der Waals surface area contributed by atoms with Crippen molar-refractivity contribution >= 4 is 44.1 Å². The summed E-state index contributed by atoms with van der Waals surface area (Å²) in [5.41, 5.74) is 5.31. The predicted molar refractivity (Wildman–Crippen MR) is 158 cm³/mol. The van der Waals surface area contributed by atoms with Crippen molar-refractivity contribution in [2.24, 2.45) is 0 Å². The number of ether oxygens (including phenoxy) is 1. The van der Waals surface area contributed by atoms with Gasteiger partial charge in [-0.3, -0.25) is 14.1 Å². The average molecular weight is 610 g/mol. The van der Waals surface area contributed by atoms with Crippen LogP contribution in [0.5, 0.6) is 6.01 Å². The van der Waals surface area contributed by atoms with Gasteiger partial charge >= 0.3 is 6.01 Å². The van der Waals surface area contributed by atoms with Gasteiger partial charge in [-0.15, -0.1) is 0 Å². The Hall–Kier alpha value is -3.58. The lowest BCUT2D eigenvalue weighted by atomic mass is 9.95. The first-order chi connectivity index (χ1) is 20.8. The second kappa shape index (κ2) is 9.98. The van der Waals surface area contributed by atoms with Crippen LogP contribution < -0.4 is 15.4 Å². The molecule has 0 radical (unpaired) electrons. The van der Waals surface area contributed by atoms with Crippen LogP contribution in [0.15, 0.2) is 30.5 Å². The van der Waals surface area contributed by atoms with Gasteiger partial charge in [-0.05, 0) is 49.7 Å². The van der Waals surface area contributed by atoms with Crippen LogP contribution in [-0.4, -0.2) is 84.0 Å². The molecule has 4 aromatic rings. The number of nitrogens with zero attached hydrogens (tertiary/aromatic N) is 6. The number of hydrogen-bond donors (Lipinski definition) is 1. The van der Waals surface area contributed by atoms with E-state index in [1.807, 2.05) is 4.90 Å². The van der Waals surface area contributed by atoms with Crippen molar-refractivity contribution in [3.8, 4) is 17.4 Å². The second-order valence-electron chi connectivity index (χ2n) is 12.2. The minimum atomic E-state index is -0.922. The van der Waals surface area contributed by atoms with Crippen LogP contribution in [0.4, 0.5) is 24.8 Å². The van der Waals surface area contributed by atoms with E-state index in [1.54, 1.807) is 12.1 Å². The van der Waals surface area contributed by atoms with E-state index >= 15 is 8.78 Å². The number of anilines is 2. The van der Waals surface area contributed by atoms with E-state index in [0.717, 1.165) is 32.2 Å². The minimum Gasteiger partial charge on any atom is -0.461 e. The zero-order valence-corrected chi connectivity index (χ0v) is 24.1. The third-order valence-corrected chi connectivity index (χ3v) is 11.6. The van der Waals surface area contributed by atoms with Gasteiger partial charge in [0.05, 0.1) is 21.4 Å². The quantitative estimate of drug-likeness (QED) is 0.357. The average Bonchev–Trinajstić information content (AvgIpc) is 3.56. The molecular formula is C30H30F3N7O2S. The summed E-state index contributed by atoms with van der Waals surface area (Å²) in [4.78, 5) is 22.1. The molecule has 0 saturated carbocycles. The molecule has 0 spiro atoms. The van der Waals surface area contributed by atoms with E-state index in [-0.39, 0.29) is 51.2 Å². The van der Waals surface area contributed by atoms with Gasteiger partial charge in [0, 0.05) is 48.4 Å². The lowest BCUT2D eigenvalue weighted by molar-refractivity contribution is 0.107. The van der Waals surface area contributed by atoms with Gasteiger partial charge < -0.3 is 15.4 Å². The van der Waals surface area contributed by atoms with Gasteiger partial charge in [0.15, 0.2) is 5.82 Å². The molecule has 0 aliphatic carbocycles. The lowest BCUT2D eigenvalue weighted by Crippen LogP contribution is -2.45. The minimum absolute atomic E-state index is 0.00181. The van der Waals surface area contributed by atoms with E-state index < -0.39 is 34.1 Å². The van der Waals surface area contributed by atoms with Crippen molar-refractivity contribution in [3.63, 3.8) is 0 Å². The molecule has 13 heteroatoms. The fraction of sp³-hybridized carbons (Fsp3) is 0.467. The molecule has 43 heavy (non-hydrogen) atoms.